The van der Waals surface area contributed by atoms with E-state index >= 15 is 0 Å². The highest BCUT2D eigenvalue weighted by Crippen LogP contribution is 2.58. The number of furan rings is 1. The minimum atomic E-state index is -0.665. The summed E-state index contributed by atoms with van der Waals surface area (Å²) < 4.78 is 4.85. The van der Waals surface area contributed by atoms with Gasteiger partial charge in [0.1, 0.15) is 23.5 Å². The van der Waals surface area contributed by atoms with E-state index in [4.69, 9.17) is 4.42 Å². The molecule has 4 atom stereocenters. The smallest absolute Gasteiger partial charge is 0.250 e. The highest BCUT2D eigenvalue weighted by molar-refractivity contribution is 8.01. The summed E-state index contributed by atoms with van der Waals surface area (Å²) in [6, 6.07) is 0.450. The van der Waals surface area contributed by atoms with E-state index in [1.54, 1.807) is 40.2 Å². The molecule has 5 heterocycles. The number of carbonyl (C=O) groups is 2. The first kappa shape index (κ1) is 17.7. The molecular weight excluding hydrogens is 382 g/mol. The predicted octanol–water partition coefficient (Wildman–Crippen LogP) is 0.805. The molecule has 11 heteroatoms. The largest absolute Gasteiger partial charge is 0.472 e. The number of thioether (sulfide) groups is 1. The van der Waals surface area contributed by atoms with Gasteiger partial charge in [0.25, 0.3) is 0 Å². The van der Waals surface area contributed by atoms with E-state index in [0.29, 0.717) is 5.82 Å². The SMILES string of the molecule is CC1(C)SC2C(N3C(=O)C(c4ccoc4)NC3(C)C)C(=O)N2C1c1nnn[nH]1. The Bertz CT molecular complexity index is 927. The third-order valence-electron chi connectivity index (χ3n) is 5.77. The van der Waals surface area contributed by atoms with Crippen LogP contribution in [0.15, 0.2) is 23.0 Å². The van der Waals surface area contributed by atoms with Crippen LogP contribution in [0, 0.1) is 0 Å². The number of aromatic nitrogens is 4. The molecule has 2 aromatic rings. The summed E-state index contributed by atoms with van der Waals surface area (Å²) in [6.45, 7) is 7.97. The predicted molar refractivity (Wildman–Crippen MR) is 98.5 cm³/mol. The second-order valence-corrected chi connectivity index (χ2v) is 10.2. The van der Waals surface area contributed by atoms with Crippen molar-refractivity contribution in [3.63, 3.8) is 0 Å². The Hall–Kier alpha value is -2.40. The number of hydrogen-bond acceptors (Lipinski definition) is 8. The van der Waals surface area contributed by atoms with Gasteiger partial charge in [0, 0.05) is 10.3 Å². The number of H-pyrrole nitrogens is 1. The van der Waals surface area contributed by atoms with Gasteiger partial charge in [-0.2, -0.15) is 0 Å². The maximum atomic E-state index is 13.3. The van der Waals surface area contributed by atoms with E-state index < -0.39 is 17.7 Å². The summed E-state index contributed by atoms with van der Waals surface area (Å²) in [7, 11) is 0. The average Bonchev–Trinajstić information content (AvgIpc) is 3.38. The zero-order chi connectivity index (χ0) is 19.8. The molecule has 148 valence electrons. The Morgan fingerprint density at radius 3 is 2.64 bits per heavy atom. The van der Waals surface area contributed by atoms with Crippen LogP contribution < -0.4 is 5.32 Å². The van der Waals surface area contributed by atoms with Crippen molar-refractivity contribution in [2.45, 2.75) is 61.6 Å². The molecule has 0 radical (unpaired) electrons. The van der Waals surface area contributed by atoms with Crippen LogP contribution >= 0.6 is 11.8 Å². The number of hydrogen-bond donors (Lipinski definition) is 2. The van der Waals surface area contributed by atoms with Crippen molar-refractivity contribution in [2.24, 2.45) is 0 Å². The lowest BCUT2D eigenvalue weighted by Crippen LogP contribution is -2.71. The molecule has 2 aromatic heterocycles. The van der Waals surface area contributed by atoms with Gasteiger partial charge in [-0.05, 0) is 44.2 Å². The van der Waals surface area contributed by atoms with Crippen LogP contribution in [0.1, 0.15) is 51.2 Å². The third-order valence-corrected chi connectivity index (χ3v) is 7.33. The molecule has 3 saturated heterocycles. The van der Waals surface area contributed by atoms with Crippen LogP contribution in [0.2, 0.25) is 0 Å². The number of amides is 2. The summed E-state index contributed by atoms with van der Waals surface area (Å²) in [5.74, 6) is 0.362. The molecule has 2 amide bonds. The average molecular weight is 403 g/mol. The maximum absolute atomic E-state index is 13.3. The third kappa shape index (κ3) is 2.23. The summed E-state index contributed by atoms with van der Waals surface area (Å²) in [5, 5.41) is 17.3. The Balaban J connectivity index is 1.47. The van der Waals surface area contributed by atoms with Crippen molar-refractivity contribution in [1.82, 2.24) is 35.7 Å². The Kier molecular flexibility index (Phi) is 3.52. The molecule has 3 aliphatic rings. The lowest BCUT2D eigenvalue weighted by atomic mass is 9.93. The van der Waals surface area contributed by atoms with Crippen molar-refractivity contribution in [2.75, 3.05) is 0 Å². The quantitative estimate of drug-likeness (QED) is 0.722. The van der Waals surface area contributed by atoms with Crippen LogP contribution in [-0.2, 0) is 9.59 Å². The normalized spacial score (nSPS) is 33.3. The van der Waals surface area contributed by atoms with Gasteiger partial charge >= 0.3 is 0 Å². The van der Waals surface area contributed by atoms with E-state index in [1.807, 2.05) is 13.8 Å². The van der Waals surface area contributed by atoms with E-state index in [2.05, 4.69) is 39.8 Å². The van der Waals surface area contributed by atoms with Gasteiger partial charge in [-0.25, -0.2) is 5.10 Å². The van der Waals surface area contributed by atoms with Crippen molar-refractivity contribution >= 4 is 23.6 Å². The van der Waals surface area contributed by atoms with Gasteiger partial charge in [0.15, 0.2) is 5.82 Å². The zero-order valence-corrected chi connectivity index (χ0v) is 16.7. The fourth-order valence-corrected chi connectivity index (χ4v) is 6.29. The molecule has 0 aromatic carbocycles. The second-order valence-electron chi connectivity index (χ2n) is 8.39. The zero-order valence-electron chi connectivity index (χ0n) is 15.9. The summed E-state index contributed by atoms with van der Waals surface area (Å²) in [5.41, 5.74) is 0.0939. The molecule has 5 rings (SSSR count). The van der Waals surface area contributed by atoms with Crippen molar-refractivity contribution in [3.05, 3.63) is 30.0 Å². The Morgan fingerprint density at radius 1 is 1.21 bits per heavy atom. The maximum Gasteiger partial charge on any atom is 0.250 e. The van der Waals surface area contributed by atoms with E-state index in [1.165, 1.54) is 0 Å². The van der Waals surface area contributed by atoms with Gasteiger partial charge in [0.2, 0.25) is 11.8 Å². The van der Waals surface area contributed by atoms with Crippen molar-refractivity contribution in [3.8, 4) is 0 Å². The topological polar surface area (TPSA) is 120 Å². The van der Waals surface area contributed by atoms with Gasteiger partial charge in [-0.1, -0.05) is 0 Å². The van der Waals surface area contributed by atoms with Crippen LogP contribution in [0.25, 0.3) is 0 Å². The Morgan fingerprint density at radius 2 is 2.00 bits per heavy atom. The minimum absolute atomic E-state index is 0.0828. The molecule has 0 bridgehead atoms. The standard InChI is InChI=1S/C17H21N7O3S/c1-16(2)11(12-19-21-22-20-12)23-14(26)10(15(23)28-16)24-13(25)9(18-17(24,3)4)8-5-6-27-7-8/h5-7,9-11,15,18H,1-4H3,(H,19,20,21,22). The fraction of sp³-hybridized carbons (Fsp3) is 0.588. The molecule has 4 unspecified atom stereocenters. The van der Waals surface area contributed by atoms with E-state index in [9.17, 15) is 9.59 Å². The number of nitrogens with one attached hydrogen (secondary N) is 2. The van der Waals surface area contributed by atoms with Crippen LogP contribution in [0.4, 0.5) is 0 Å². The first-order valence-corrected chi connectivity index (χ1v) is 9.97. The fourth-order valence-electron chi connectivity index (χ4n) is 4.61. The van der Waals surface area contributed by atoms with Crippen molar-refractivity contribution < 1.29 is 14.0 Å². The summed E-state index contributed by atoms with van der Waals surface area (Å²) >= 11 is 1.67. The van der Waals surface area contributed by atoms with Gasteiger partial charge in [-0.3, -0.25) is 14.9 Å². The highest BCUT2D eigenvalue weighted by Gasteiger charge is 2.67. The lowest BCUT2D eigenvalue weighted by Gasteiger charge is -2.50. The number of nitrogens with zero attached hydrogens (tertiary/aromatic N) is 5. The van der Waals surface area contributed by atoms with Gasteiger partial charge in [-0.15, -0.1) is 16.9 Å². The first-order valence-electron chi connectivity index (χ1n) is 9.09. The van der Waals surface area contributed by atoms with Crippen LogP contribution in [0.3, 0.4) is 0 Å². The van der Waals surface area contributed by atoms with Crippen LogP contribution in [-0.4, -0.2) is 64.1 Å². The number of aromatic amines is 1. The Labute approximate surface area is 165 Å². The minimum Gasteiger partial charge on any atom is -0.472 e. The number of rotatable bonds is 3. The molecule has 3 fully saturated rings. The van der Waals surface area contributed by atoms with E-state index in [0.717, 1.165) is 5.56 Å². The number of fused-ring (bicyclic) bond motifs is 1. The molecule has 0 aliphatic carbocycles. The summed E-state index contributed by atoms with van der Waals surface area (Å²) in [4.78, 5) is 30.0. The molecular formula is C17H21N7O3S. The molecule has 2 N–H and O–H groups in total. The number of β-lactam (4-membered cyclic amide) rings is 1. The summed E-state index contributed by atoms with van der Waals surface area (Å²) in [6.07, 6.45) is 3.10. The van der Waals surface area contributed by atoms with E-state index in [-0.39, 0.29) is 28.0 Å². The lowest BCUT2D eigenvalue weighted by molar-refractivity contribution is -0.165. The van der Waals surface area contributed by atoms with Gasteiger partial charge < -0.3 is 14.2 Å². The van der Waals surface area contributed by atoms with Crippen LogP contribution in [0.5, 0.6) is 0 Å². The molecule has 3 aliphatic heterocycles. The molecule has 10 nitrogen and oxygen atoms in total. The molecule has 0 saturated carbocycles. The van der Waals surface area contributed by atoms with Gasteiger partial charge in [0.05, 0.1) is 18.2 Å². The first-order chi connectivity index (χ1) is 13.2. The number of tetrazole rings is 1. The monoisotopic (exact) mass is 403 g/mol. The highest BCUT2D eigenvalue weighted by atomic mass is 32.2. The second kappa shape index (κ2) is 5.57. The van der Waals surface area contributed by atoms with Crippen molar-refractivity contribution in [1.29, 1.82) is 0 Å². The molecule has 28 heavy (non-hydrogen) atoms. The number of carbonyl (C=O) groups excluding carboxylic acids is 2. The molecule has 0 spiro atoms.